The molecule has 0 bridgehead atoms. The number of anilines is 2. The minimum atomic E-state index is -3.60. The first-order chi connectivity index (χ1) is 16.5. The van der Waals surface area contributed by atoms with E-state index >= 15 is 0 Å². The van der Waals surface area contributed by atoms with Crippen molar-refractivity contribution >= 4 is 33.3 Å². The van der Waals surface area contributed by atoms with Gasteiger partial charge in [-0.2, -0.15) is 4.31 Å². The Kier molecular flexibility index (Phi) is 6.58. The molecule has 10 heteroatoms. The molecule has 0 atom stereocenters. The number of rotatable bonds is 6. The summed E-state index contributed by atoms with van der Waals surface area (Å²) in [6.45, 7) is 3.97. The van der Waals surface area contributed by atoms with Crippen LogP contribution in [0.4, 0.5) is 11.6 Å². The van der Waals surface area contributed by atoms with Crippen LogP contribution in [0.5, 0.6) is 11.5 Å². The first kappa shape index (κ1) is 22.9. The fourth-order valence-corrected chi connectivity index (χ4v) is 5.87. The average molecular weight is 500 g/mol. The number of para-hydroxylation sites is 1. The zero-order valence-corrected chi connectivity index (χ0v) is 20.2. The van der Waals surface area contributed by atoms with Crippen LogP contribution < -0.4 is 14.5 Å². The van der Waals surface area contributed by atoms with Crippen LogP contribution in [-0.4, -0.2) is 62.0 Å². The molecule has 3 aromatic rings. The van der Waals surface area contributed by atoms with E-state index in [-0.39, 0.29) is 4.90 Å². The van der Waals surface area contributed by atoms with Gasteiger partial charge in [0, 0.05) is 45.3 Å². The monoisotopic (exact) mass is 499 g/mol. The van der Waals surface area contributed by atoms with Gasteiger partial charge in [-0.1, -0.05) is 23.7 Å². The SMILES string of the molecule is O=S(=O)(c1ccc(Oc2ccccc2Cl)cc1)N1CCN(c2cc(N3CCCC3)ncn2)CC1. The third-order valence-corrected chi connectivity index (χ3v) is 8.38. The summed E-state index contributed by atoms with van der Waals surface area (Å²) in [5.74, 6) is 2.83. The molecule has 34 heavy (non-hydrogen) atoms. The molecule has 2 aromatic carbocycles. The molecule has 8 nitrogen and oxygen atoms in total. The Hall–Kier alpha value is -2.88. The number of sulfonamides is 1. The summed E-state index contributed by atoms with van der Waals surface area (Å²) < 4.78 is 33.7. The number of piperazine rings is 1. The van der Waals surface area contributed by atoms with Crippen molar-refractivity contribution in [1.82, 2.24) is 14.3 Å². The second-order valence-corrected chi connectivity index (χ2v) is 10.7. The van der Waals surface area contributed by atoms with E-state index in [9.17, 15) is 8.42 Å². The van der Waals surface area contributed by atoms with Crippen molar-refractivity contribution in [1.29, 1.82) is 0 Å². The maximum atomic E-state index is 13.2. The van der Waals surface area contributed by atoms with E-state index in [1.165, 1.54) is 17.1 Å². The molecule has 0 amide bonds. The van der Waals surface area contributed by atoms with E-state index in [1.54, 1.807) is 42.7 Å². The van der Waals surface area contributed by atoms with Crippen molar-refractivity contribution in [3.8, 4) is 11.5 Å². The lowest BCUT2D eigenvalue weighted by Crippen LogP contribution is -2.49. The first-order valence-electron chi connectivity index (χ1n) is 11.4. The third kappa shape index (κ3) is 4.82. The molecule has 178 valence electrons. The minimum Gasteiger partial charge on any atom is -0.456 e. The predicted octanol–water partition coefficient (Wildman–Crippen LogP) is 4.03. The Balaban J connectivity index is 1.23. The van der Waals surface area contributed by atoms with E-state index < -0.39 is 10.0 Å². The van der Waals surface area contributed by atoms with E-state index in [2.05, 4.69) is 19.8 Å². The highest BCUT2D eigenvalue weighted by atomic mass is 35.5. The molecule has 2 aliphatic heterocycles. The number of hydrogen-bond donors (Lipinski definition) is 0. The molecule has 1 aromatic heterocycles. The van der Waals surface area contributed by atoms with E-state index in [0.717, 1.165) is 24.7 Å². The van der Waals surface area contributed by atoms with Crippen LogP contribution in [0.25, 0.3) is 0 Å². The van der Waals surface area contributed by atoms with Gasteiger partial charge in [0.1, 0.15) is 29.5 Å². The van der Waals surface area contributed by atoms with Gasteiger partial charge < -0.3 is 14.5 Å². The normalized spacial score (nSPS) is 17.2. The van der Waals surface area contributed by atoms with Gasteiger partial charge in [0.25, 0.3) is 0 Å². The third-order valence-electron chi connectivity index (χ3n) is 6.16. The Labute approximate surface area is 204 Å². The highest BCUT2D eigenvalue weighted by Gasteiger charge is 2.29. The average Bonchev–Trinajstić information content (AvgIpc) is 3.41. The summed E-state index contributed by atoms with van der Waals surface area (Å²) in [6, 6.07) is 15.6. The van der Waals surface area contributed by atoms with Gasteiger partial charge in [-0.3, -0.25) is 0 Å². The molecule has 2 saturated heterocycles. The molecule has 2 fully saturated rings. The Morgan fingerprint density at radius 2 is 1.41 bits per heavy atom. The van der Waals surface area contributed by atoms with Gasteiger partial charge >= 0.3 is 0 Å². The van der Waals surface area contributed by atoms with E-state index in [4.69, 9.17) is 16.3 Å². The lowest BCUT2D eigenvalue weighted by atomic mass is 10.3. The Morgan fingerprint density at radius 1 is 0.794 bits per heavy atom. The zero-order valence-electron chi connectivity index (χ0n) is 18.7. The Bertz CT molecular complexity index is 1240. The largest absolute Gasteiger partial charge is 0.456 e. The quantitative estimate of drug-likeness (QED) is 0.506. The van der Waals surface area contributed by atoms with Crippen molar-refractivity contribution in [3.63, 3.8) is 0 Å². The second kappa shape index (κ2) is 9.77. The summed E-state index contributed by atoms with van der Waals surface area (Å²) in [6.07, 6.45) is 3.96. The van der Waals surface area contributed by atoms with Crippen molar-refractivity contribution in [3.05, 3.63) is 65.9 Å². The van der Waals surface area contributed by atoms with E-state index in [1.807, 2.05) is 18.2 Å². The number of aromatic nitrogens is 2. The molecule has 0 aliphatic carbocycles. The maximum absolute atomic E-state index is 13.2. The molecule has 2 aliphatic rings. The highest BCUT2D eigenvalue weighted by molar-refractivity contribution is 7.89. The van der Waals surface area contributed by atoms with Gasteiger partial charge in [-0.25, -0.2) is 18.4 Å². The molecule has 0 unspecified atom stereocenters. The summed E-state index contributed by atoms with van der Waals surface area (Å²) >= 11 is 6.14. The van der Waals surface area contributed by atoms with Crippen molar-refractivity contribution in [2.24, 2.45) is 0 Å². The fraction of sp³-hybridized carbons (Fsp3) is 0.333. The van der Waals surface area contributed by atoms with Gasteiger partial charge in [-0.05, 0) is 49.2 Å². The molecule has 3 heterocycles. The standard InChI is InChI=1S/C24H26ClN5O3S/c25-21-5-1-2-6-22(21)33-19-7-9-20(10-8-19)34(31,32)30-15-13-29(14-16-30)24-17-23(26-18-27-24)28-11-3-4-12-28/h1-2,5-10,17-18H,3-4,11-16H2. The molecule has 0 saturated carbocycles. The smallest absolute Gasteiger partial charge is 0.243 e. The van der Waals surface area contributed by atoms with Gasteiger partial charge in [0.2, 0.25) is 10.0 Å². The molecule has 5 rings (SSSR count). The number of halogens is 1. The highest BCUT2D eigenvalue weighted by Crippen LogP contribution is 2.30. The lowest BCUT2D eigenvalue weighted by molar-refractivity contribution is 0.383. The number of hydrogen-bond acceptors (Lipinski definition) is 7. The van der Waals surface area contributed by atoms with Crippen LogP contribution in [0.15, 0.2) is 65.8 Å². The van der Waals surface area contributed by atoms with Crippen LogP contribution in [0, 0.1) is 0 Å². The number of benzene rings is 2. The van der Waals surface area contributed by atoms with Crippen LogP contribution in [0.1, 0.15) is 12.8 Å². The molecule has 0 spiro atoms. The van der Waals surface area contributed by atoms with Crippen LogP contribution in [0.2, 0.25) is 5.02 Å². The van der Waals surface area contributed by atoms with Crippen molar-refractivity contribution < 1.29 is 13.2 Å². The minimum absolute atomic E-state index is 0.241. The topological polar surface area (TPSA) is 78.9 Å². The summed E-state index contributed by atoms with van der Waals surface area (Å²) in [5, 5.41) is 0.494. The Morgan fingerprint density at radius 3 is 2.06 bits per heavy atom. The zero-order chi connectivity index (χ0) is 23.5. The molecular weight excluding hydrogens is 474 g/mol. The van der Waals surface area contributed by atoms with E-state index in [0.29, 0.717) is 42.7 Å². The van der Waals surface area contributed by atoms with Crippen molar-refractivity contribution in [2.75, 3.05) is 49.1 Å². The van der Waals surface area contributed by atoms with Crippen LogP contribution >= 0.6 is 11.6 Å². The second-order valence-electron chi connectivity index (χ2n) is 8.32. The summed E-state index contributed by atoms with van der Waals surface area (Å²) in [7, 11) is -3.60. The van der Waals surface area contributed by atoms with Crippen LogP contribution in [-0.2, 0) is 10.0 Å². The lowest BCUT2D eigenvalue weighted by Gasteiger charge is -2.34. The summed E-state index contributed by atoms with van der Waals surface area (Å²) in [4.78, 5) is 13.5. The fourth-order valence-electron chi connectivity index (χ4n) is 4.27. The van der Waals surface area contributed by atoms with Gasteiger partial charge in [0.05, 0.1) is 9.92 Å². The summed E-state index contributed by atoms with van der Waals surface area (Å²) in [5.41, 5.74) is 0. The van der Waals surface area contributed by atoms with Crippen molar-refractivity contribution in [2.45, 2.75) is 17.7 Å². The number of ether oxygens (including phenoxy) is 1. The number of nitrogens with zero attached hydrogens (tertiary/aromatic N) is 5. The first-order valence-corrected chi connectivity index (χ1v) is 13.2. The molecular formula is C24H26ClN5O3S. The van der Waals surface area contributed by atoms with Gasteiger partial charge in [-0.15, -0.1) is 0 Å². The molecule has 0 radical (unpaired) electrons. The van der Waals surface area contributed by atoms with Crippen LogP contribution in [0.3, 0.4) is 0 Å². The molecule has 0 N–H and O–H groups in total. The predicted molar refractivity (Wildman–Crippen MR) is 132 cm³/mol. The maximum Gasteiger partial charge on any atom is 0.243 e. The van der Waals surface area contributed by atoms with Gasteiger partial charge in [0.15, 0.2) is 0 Å².